The van der Waals surface area contributed by atoms with Crippen LogP contribution in [0.25, 0.3) is 11.1 Å². The van der Waals surface area contributed by atoms with E-state index in [0.29, 0.717) is 17.0 Å². The minimum Gasteiger partial charge on any atom is -0.497 e. The summed E-state index contributed by atoms with van der Waals surface area (Å²) in [7, 11) is -0.950. The number of nitrogens with zero attached hydrogens (tertiary/aromatic N) is 4. The molecule has 0 fully saturated rings. The van der Waals surface area contributed by atoms with Gasteiger partial charge in [-0.15, -0.1) is 0 Å². The van der Waals surface area contributed by atoms with Gasteiger partial charge < -0.3 is 9.64 Å². The van der Waals surface area contributed by atoms with Gasteiger partial charge >= 0.3 is 6.18 Å². The number of amides is 1. The first-order chi connectivity index (χ1) is 16.9. The van der Waals surface area contributed by atoms with Crippen LogP contribution in [0.5, 0.6) is 5.75 Å². The van der Waals surface area contributed by atoms with E-state index in [0.717, 1.165) is 10.9 Å². The van der Waals surface area contributed by atoms with Crippen molar-refractivity contribution in [3.05, 3.63) is 64.7 Å². The van der Waals surface area contributed by atoms with Crippen LogP contribution in [0.1, 0.15) is 32.9 Å². The molecule has 0 aliphatic carbocycles. The maximum absolute atomic E-state index is 13.8. The Bertz CT molecular complexity index is 1420. The van der Waals surface area contributed by atoms with E-state index in [1.165, 1.54) is 37.4 Å². The fourth-order valence-electron chi connectivity index (χ4n) is 4.12. The molecule has 192 valence electrons. The average molecular weight is 525 g/mol. The van der Waals surface area contributed by atoms with Crippen molar-refractivity contribution in [2.75, 3.05) is 19.9 Å². The Morgan fingerprint density at radius 2 is 1.86 bits per heavy atom. The molecule has 0 saturated heterocycles. The molecule has 3 aromatic rings. The summed E-state index contributed by atoms with van der Waals surface area (Å²) >= 11 is 0. The third-order valence-corrected chi connectivity index (χ3v) is 6.21. The van der Waals surface area contributed by atoms with Gasteiger partial charge in [0.2, 0.25) is 0 Å². The number of pyridine rings is 1. The van der Waals surface area contributed by atoms with Crippen LogP contribution in [0.15, 0.2) is 36.7 Å². The Labute approximate surface area is 205 Å². The van der Waals surface area contributed by atoms with Crippen LogP contribution in [0.2, 0.25) is 0 Å². The lowest BCUT2D eigenvalue weighted by atomic mass is 9.88. The number of benzene rings is 1. The molecule has 36 heavy (non-hydrogen) atoms. The van der Waals surface area contributed by atoms with E-state index in [1.807, 2.05) is 0 Å². The third kappa shape index (κ3) is 5.51. The standard InChI is InChI=1S/C23H23F3N4O5S/c1-29-12-20(21(28-29)23(24,25)26)18-8-14(13-35-36(3,32)33)9-19-17(18)5-7-30(22(19)31)11-15-10-16(34-2)4-6-27-15/h4,6,8-10,12H,5,7,11,13H2,1-3H3. The van der Waals surface area contributed by atoms with Crippen LogP contribution < -0.4 is 4.74 Å². The van der Waals surface area contributed by atoms with Crippen molar-refractivity contribution in [1.82, 2.24) is 19.7 Å². The number of halogens is 3. The molecule has 2 aromatic heterocycles. The van der Waals surface area contributed by atoms with E-state index in [2.05, 4.69) is 10.1 Å². The number of ether oxygens (including phenoxy) is 1. The van der Waals surface area contributed by atoms with Gasteiger partial charge in [-0.05, 0) is 41.3 Å². The lowest BCUT2D eigenvalue weighted by Crippen LogP contribution is -2.37. The van der Waals surface area contributed by atoms with Crippen molar-refractivity contribution >= 4 is 16.0 Å². The monoisotopic (exact) mass is 524 g/mol. The summed E-state index contributed by atoms with van der Waals surface area (Å²) in [5.74, 6) is 0.157. The summed E-state index contributed by atoms with van der Waals surface area (Å²) in [6, 6.07) is 6.24. The van der Waals surface area contributed by atoms with Gasteiger partial charge in [-0.25, -0.2) is 0 Å². The highest BCUT2D eigenvalue weighted by molar-refractivity contribution is 7.85. The van der Waals surface area contributed by atoms with Crippen molar-refractivity contribution in [2.45, 2.75) is 25.7 Å². The predicted octanol–water partition coefficient (Wildman–Crippen LogP) is 3.18. The summed E-state index contributed by atoms with van der Waals surface area (Å²) < 4.78 is 75.4. The number of fused-ring (bicyclic) bond motifs is 1. The number of aryl methyl sites for hydroxylation is 1. The lowest BCUT2D eigenvalue weighted by Gasteiger charge is -2.30. The molecular weight excluding hydrogens is 501 g/mol. The second kappa shape index (κ2) is 9.54. The molecule has 1 amide bonds. The minimum absolute atomic E-state index is 0.160. The molecule has 0 atom stereocenters. The Kier molecular flexibility index (Phi) is 6.80. The maximum atomic E-state index is 13.8. The number of hydrogen-bond acceptors (Lipinski definition) is 7. The van der Waals surface area contributed by atoms with E-state index >= 15 is 0 Å². The van der Waals surface area contributed by atoms with Crippen LogP contribution in [0, 0.1) is 0 Å². The smallest absolute Gasteiger partial charge is 0.435 e. The number of methoxy groups -OCH3 is 1. The molecule has 0 unspecified atom stereocenters. The number of alkyl halides is 3. The van der Waals surface area contributed by atoms with E-state index in [9.17, 15) is 26.4 Å². The molecule has 1 aliphatic rings. The summed E-state index contributed by atoms with van der Waals surface area (Å²) in [4.78, 5) is 19.3. The molecule has 3 heterocycles. The zero-order valence-corrected chi connectivity index (χ0v) is 20.5. The fourth-order valence-corrected chi connectivity index (χ4v) is 4.47. The number of carbonyl (C=O) groups is 1. The van der Waals surface area contributed by atoms with Crippen LogP contribution in [0.3, 0.4) is 0 Å². The predicted molar refractivity (Wildman–Crippen MR) is 123 cm³/mol. The summed E-state index contributed by atoms with van der Waals surface area (Å²) in [6.07, 6.45) is -0.804. The van der Waals surface area contributed by atoms with Crippen molar-refractivity contribution < 1.29 is 35.3 Å². The van der Waals surface area contributed by atoms with Crippen molar-refractivity contribution in [3.63, 3.8) is 0 Å². The molecule has 0 bridgehead atoms. The normalized spacial score (nSPS) is 14.2. The lowest BCUT2D eigenvalue weighted by molar-refractivity contribution is -0.140. The fraction of sp³-hybridized carbons (Fsp3) is 0.348. The molecule has 1 aromatic carbocycles. The Morgan fingerprint density at radius 1 is 1.14 bits per heavy atom. The molecular formula is C23H23F3N4O5S. The molecule has 13 heteroatoms. The first-order valence-corrected chi connectivity index (χ1v) is 12.6. The van der Waals surface area contributed by atoms with Gasteiger partial charge in [0.25, 0.3) is 16.0 Å². The Balaban J connectivity index is 1.79. The van der Waals surface area contributed by atoms with Gasteiger partial charge in [-0.2, -0.15) is 26.7 Å². The van der Waals surface area contributed by atoms with Crippen molar-refractivity contribution in [3.8, 4) is 16.9 Å². The maximum Gasteiger partial charge on any atom is 0.435 e. The zero-order chi connectivity index (χ0) is 26.3. The van der Waals surface area contributed by atoms with Gasteiger partial charge in [0.05, 0.1) is 32.2 Å². The molecule has 0 spiro atoms. The van der Waals surface area contributed by atoms with Crippen molar-refractivity contribution in [2.24, 2.45) is 7.05 Å². The second-order valence-electron chi connectivity index (χ2n) is 8.36. The van der Waals surface area contributed by atoms with Crippen LogP contribution in [0.4, 0.5) is 13.2 Å². The largest absolute Gasteiger partial charge is 0.497 e. The van der Waals surface area contributed by atoms with Crippen LogP contribution in [-0.2, 0) is 47.1 Å². The van der Waals surface area contributed by atoms with Gasteiger partial charge in [-0.3, -0.25) is 18.6 Å². The van der Waals surface area contributed by atoms with Gasteiger partial charge in [0.1, 0.15) is 5.75 Å². The molecule has 1 aliphatic heterocycles. The van der Waals surface area contributed by atoms with Gasteiger partial charge in [0, 0.05) is 43.2 Å². The summed E-state index contributed by atoms with van der Waals surface area (Å²) in [5, 5.41) is 3.58. The first-order valence-electron chi connectivity index (χ1n) is 10.8. The van der Waals surface area contributed by atoms with E-state index in [4.69, 9.17) is 8.92 Å². The molecule has 0 saturated carbocycles. The van der Waals surface area contributed by atoms with E-state index < -0.39 is 34.5 Å². The number of aromatic nitrogens is 3. The first kappa shape index (κ1) is 25.6. The van der Waals surface area contributed by atoms with E-state index in [-0.39, 0.29) is 41.8 Å². The van der Waals surface area contributed by atoms with Crippen LogP contribution >= 0.6 is 0 Å². The summed E-state index contributed by atoms with van der Waals surface area (Å²) in [5.41, 5.74) is 0.284. The van der Waals surface area contributed by atoms with Gasteiger partial charge in [-0.1, -0.05) is 0 Å². The highest BCUT2D eigenvalue weighted by atomic mass is 32.2. The highest BCUT2D eigenvalue weighted by Gasteiger charge is 2.39. The van der Waals surface area contributed by atoms with E-state index in [1.54, 1.807) is 18.3 Å². The Morgan fingerprint density at radius 3 is 2.53 bits per heavy atom. The SMILES string of the molecule is COc1ccnc(CN2CCc3c(cc(COS(C)(=O)=O)cc3-c3cn(C)nc3C(F)(F)F)C2=O)c1. The van der Waals surface area contributed by atoms with Crippen molar-refractivity contribution in [1.29, 1.82) is 0 Å². The molecule has 4 rings (SSSR count). The summed E-state index contributed by atoms with van der Waals surface area (Å²) in [6.45, 7) is -0.0282. The van der Waals surface area contributed by atoms with Gasteiger partial charge in [0.15, 0.2) is 5.69 Å². The highest BCUT2D eigenvalue weighted by Crippen LogP contribution is 2.40. The molecule has 0 N–H and O–H groups in total. The number of hydrogen-bond donors (Lipinski definition) is 0. The molecule has 9 nitrogen and oxygen atoms in total. The molecule has 0 radical (unpaired) electrons. The second-order valence-corrected chi connectivity index (χ2v) is 10.0. The number of carbonyl (C=O) groups excluding carboxylic acids is 1. The average Bonchev–Trinajstić information content (AvgIpc) is 3.21. The third-order valence-electron chi connectivity index (χ3n) is 5.66. The minimum atomic E-state index is -4.73. The number of rotatable bonds is 7. The van der Waals surface area contributed by atoms with Crippen LogP contribution in [-0.4, -0.2) is 53.9 Å². The Hall–Kier alpha value is -3.45. The zero-order valence-electron chi connectivity index (χ0n) is 19.7. The topological polar surface area (TPSA) is 104 Å². The quantitative estimate of drug-likeness (QED) is 0.438.